The van der Waals surface area contributed by atoms with Crippen LogP contribution < -0.4 is 10.9 Å². The number of fused-ring (bicyclic) bond motifs is 1. The lowest BCUT2D eigenvalue weighted by Gasteiger charge is -2.13. The van der Waals surface area contributed by atoms with Gasteiger partial charge in [0.05, 0.1) is 10.6 Å². The van der Waals surface area contributed by atoms with Crippen LogP contribution in [0.1, 0.15) is 63.6 Å². The molecule has 1 atom stereocenters. The van der Waals surface area contributed by atoms with E-state index in [0.29, 0.717) is 12.2 Å². The molecule has 3 rings (SSSR count). The Morgan fingerprint density at radius 1 is 1.40 bits per heavy atom. The van der Waals surface area contributed by atoms with Crippen molar-refractivity contribution in [2.75, 3.05) is 6.54 Å². The van der Waals surface area contributed by atoms with Gasteiger partial charge in [0.25, 0.3) is 11.5 Å². The Morgan fingerprint density at radius 3 is 2.88 bits per heavy atom. The average Bonchev–Trinajstić information content (AvgIpc) is 3.03. The van der Waals surface area contributed by atoms with Gasteiger partial charge < -0.3 is 9.88 Å². The summed E-state index contributed by atoms with van der Waals surface area (Å²) in [5.41, 5.74) is 2.70. The Bertz CT molecular complexity index is 788. The second-order valence-corrected chi connectivity index (χ2v) is 8.02. The van der Waals surface area contributed by atoms with Crippen molar-refractivity contribution < 1.29 is 4.79 Å². The topological polar surface area (TPSA) is 64.0 Å². The van der Waals surface area contributed by atoms with Crippen LogP contribution in [-0.2, 0) is 19.9 Å². The number of carbonyl (C=O) groups excluding carboxylic acids is 1. The first-order valence-electron chi connectivity index (χ1n) is 8.89. The van der Waals surface area contributed by atoms with Gasteiger partial charge in [0.2, 0.25) is 0 Å². The van der Waals surface area contributed by atoms with E-state index in [0.717, 1.165) is 29.8 Å². The van der Waals surface area contributed by atoms with Gasteiger partial charge >= 0.3 is 0 Å². The molecule has 0 saturated carbocycles. The smallest absolute Gasteiger partial charge is 0.271 e. The highest BCUT2D eigenvalue weighted by Crippen LogP contribution is 2.29. The van der Waals surface area contributed by atoms with Crippen LogP contribution in [0.3, 0.4) is 0 Å². The monoisotopic (exact) mass is 359 g/mol. The Morgan fingerprint density at radius 2 is 2.16 bits per heavy atom. The summed E-state index contributed by atoms with van der Waals surface area (Å²) in [5, 5.41) is 3.02. The molecular weight excluding hydrogens is 334 g/mol. The minimum atomic E-state index is -0.0640. The summed E-state index contributed by atoms with van der Waals surface area (Å²) in [6.07, 6.45) is 7.26. The third-order valence-electron chi connectivity index (χ3n) is 4.84. The van der Waals surface area contributed by atoms with Crippen molar-refractivity contribution in [2.24, 2.45) is 7.05 Å². The third-order valence-corrected chi connectivity index (χ3v) is 6.08. The van der Waals surface area contributed by atoms with Crippen LogP contribution in [-0.4, -0.2) is 22.0 Å². The number of hydrogen-bond donors (Lipinski definition) is 1. The SMILES string of the molecule is Cc1nc(C(C)CCNC(=O)c2cc3c(s2)CCCC3)cn(C)c1=O. The van der Waals surface area contributed by atoms with E-state index >= 15 is 0 Å². The Balaban J connectivity index is 1.56. The van der Waals surface area contributed by atoms with Gasteiger partial charge in [-0.25, -0.2) is 0 Å². The molecule has 5 nitrogen and oxygen atoms in total. The van der Waals surface area contributed by atoms with Gasteiger partial charge in [-0.05, 0) is 50.7 Å². The van der Waals surface area contributed by atoms with E-state index < -0.39 is 0 Å². The molecule has 2 heterocycles. The summed E-state index contributed by atoms with van der Waals surface area (Å²) in [4.78, 5) is 30.7. The zero-order valence-corrected chi connectivity index (χ0v) is 15.9. The van der Waals surface area contributed by atoms with Crippen LogP contribution >= 0.6 is 11.3 Å². The van der Waals surface area contributed by atoms with E-state index in [9.17, 15) is 9.59 Å². The van der Waals surface area contributed by atoms with Crippen LogP contribution in [0.4, 0.5) is 0 Å². The molecule has 0 radical (unpaired) electrons. The molecule has 0 fully saturated rings. The number of amides is 1. The molecule has 0 aliphatic heterocycles. The molecule has 1 unspecified atom stereocenters. The molecule has 134 valence electrons. The first-order valence-corrected chi connectivity index (χ1v) is 9.71. The molecule has 0 saturated heterocycles. The first-order chi connectivity index (χ1) is 12.0. The zero-order valence-electron chi connectivity index (χ0n) is 15.1. The van der Waals surface area contributed by atoms with Gasteiger partial charge in [0, 0.05) is 30.6 Å². The highest BCUT2D eigenvalue weighted by molar-refractivity contribution is 7.14. The molecule has 6 heteroatoms. The molecule has 0 bridgehead atoms. The maximum Gasteiger partial charge on any atom is 0.271 e. The fraction of sp³-hybridized carbons (Fsp3) is 0.526. The molecule has 1 N–H and O–H groups in total. The third kappa shape index (κ3) is 4.00. The van der Waals surface area contributed by atoms with Crippen molar-refractivity contribution in [3.8, 4) is 0 Å². The number of aryl methyl sites for hydroxylation is 4. The molecule has 2 aromatic heterocycles. The summed E-state index contributed by atoms with van der Waals surface area (Å²) in [6, 6.07) is 2.07. The number of hydrogen-bond acceptors (Lipinski definition) is 4. The number of thiophene rings is 1. The largest absolute Gasteiger partial charge is 0.351 e. The molecule has 1 aliphatic carbocycles. The van der Waals surface area contributed by atoms with E-state index in [1.807, 2.05) is 0 Å². The lowest BCUT2D eigenvalue weighted by atomic mass is 9.99. The summed E-state index contributed by atoms with van der Waals surface area (Å²) in [7, 11) is 1.74. The number of nitrogens with zero attached hydrogens (tertiary/aromatic N) is 2. The highest BCUT2D eigenvalue weighted by atomic mass is 32.1. The predicted octanol–water partition coefficient (Wildman–Crippen LogP) is 2.95. The van der Waals surface area contributed by atoms with E-state index in [4.69, 9.17) is 0 Å². The molecule has 25 heavy (non-hydrogen) atoms. The molecule has 2 aromatic rings. The average molecular weight is 359 g/mol. The van der Waals surface area contributed by atoms with Crippen molar-refractivity contribution >= 4 is 17.2 Å². The fourth-order valence-corrected chi connectivity index (χ4v) is 4.43. The van der Waals surface area contributed by atoms with Crippen molar-refractivity contribution in [1.29, 1.82) is 0 Å². The molecular formula is C19H25N3O2S. The van der Waals surface area contributed by atoms with E-state index in [1.165, 1.54) is 23.3 Å². The normalized spacial score (nSPS) is 14.8. The zero-order chi connectivity index (χ0) is 18.0. The molecule has 0 spiro atoms. The van der Waals surface area contributed by atoms with E-state index in [1.54, 1.807) is 36.1 Å². The number of rotatable bonds is 5. The number of nitrogens with one attached hydrogen (secondary N) is 1. The fourth-order valence-electron chi connectivity index (χ4n) is 3.26. The summed E-state index contributed by atoms with van der Waals surface area (Å²) < 4.78 is 1.57. The Hall–Kier alpha value is -1.95. The van der Waals surface area contributed by atoms with Gasteiger partial charge in [-0.15, -0.1) is 11.3 Å². The second-order valence-electron chi connectivity index (χ2n) is 6.88. The van der Waals surface area contributed by atoms with Crippen molar-refractivity contribution in [3.63, 3.8) is 0 Å². The maximum absolute atomic E-state index is 12.4. The minimum absolute atomic E-state index is 0.0243. The maximum atomic E-state index is 12.4. The molecule has 1 aliphatic rings. The van der Waals surface area contributed by atoms with E-state index in [2.05, 4.69) is 23.3 Å². The van der Waals surface area contributed by atoms with Crippen LogP contribution in [0.2, 0.25) is 0 Å². The number of carbonyl (C=O) groups is 1. The molecule has 0 aromatic carbocycles. The van der Waals surface area contributed by atoms with Gasteiger partial charge in [-0.3, -0.25) is 14.6 Å². The lowest BCUT2D eigenvalue weighted by molar-refractivity contribution is 0.0956. The Kier molecular flexibility index (Phi) is 5.37. The summed E-state index contributed by atoms with van der Waals surface area (Å²) >= 11 is 1.64. The second kappa shape index (κ2) is 7.52. The van der Waals surface area contributed by atoms with Crippen molar-refractivity contribution in [1.82, 2.24) is 14.9 Å². The van der Waals surface area contributed by atoms with Gasteiger partial charge in [-0.1, -0.05) is 6.92 Å². The van der Waals surface area contributed by atoms with Gasteiger partial charge in [-0.2, -0.15) is 0 Å². The van der Waals surface area contributed by atoms with Gasteiger partial charge in [0.1, 0.15) is 5.69 Å². The summed E-state index contributed by atoms with van der Waals surface area (Å²) in [5.74, 6) is 0.207. The summed E-state index contributed by atoms with van der Waals surface area (Å²) in [6.45, 7) is 4.41. The lowest BCUT2D eigenvalue weighted by Crippen LogP contribution is -2.26. The molecule has 1 amide bonds. The van der Waals surface area contributed by atoms with Crippen LogP contribution in [0, 0.1) is 6.92 Å². The van der Waals surface area contributed by atoms with Crippen LogP contribution in [0.15, 0.2) is 17.1 Å². The van der Waals surface area contributed by atoms with Crippen molar-refractivity contribution in [2.45, 2.75) is 51.9 Å². The Labute approximate surface area is 152 Å². The quantitative estimate of drug-likeness (QED) is 0.893. The van der Waals surface area contributed by atoms with Crippen LogP contribution in [0.5, 0.6) is 0 Å². The standard InChI is InChI=1S/C19H25N3O2S/c1-12(15-11-22(3)19(24)13(2)21-15)8-9-20-18(23)17-10-14-6-4-5-7-16(14)25-17/h10-12H,4-9H2,1-3H3,(H,20,23). The van der Waals surface area contributed by atoms with Crippen LogP contribution in [0.25, 0.3) is 0 Å². The highest BCUT2D eigenvalue weighted by Gasteiger charge is 2.17. The first kappa shape index (κ1) is 17.9. The minimum Gasteiger partial charge on any atom is -0.351 e. The van der Waals surface area contributed by atoms with Gasteiger partial charge in [0.15, 0.2) is 0 Å². The van der Waals surface area contributed by atoms with E-state index in [-0.39, 0.29) is 17.4 Å². The van der Waals surface area contributed by atoms with Crippen molar-refractivity contribution in [3.05, 3.63) is 49.3 Å². The number of aromatic nitrogens is 2. The predicted molar refractivity (Wildman–Crippen MR) is 101 cm³/mol.